The number of nitrogens with one attached hydrogen (secondary N) is 3. The number of carbonyl (C=O) groups is 3. The number of anilines is 2. The van der Waals surface area contributed by atoms with E-state index in [1.165, 1.54) is 24.9 Å². The van der Waals surface area contributed by atoms with Gasteiger partial charge in [-0.25, -0.2) is 0 Å². The quantitative estimate of drug-likeness (QED) is 0.105. The highest BCUT2D eigenvalue weighted by Crippen LogP contribution is 2.32. The molecule has 3 N–H and O–H groups in total. The van der Waals surface area contributed by atoms with Crippen LogP contribution < -0.4 is 25.4 Å². The Labute approximate surface area is 276 Å². The smallest absolute Gasteiger partial charge is 0.272 e. The van der Waals surface area contributed by atoms with Crippen molar-refractivity contribution >= 4 is 70.1 Å². The highest BCUT2D eigenvalue weighted by molar-refractivity contribution is 8.00. The van der Waals surface area contributed by atoms with Crippen molar-refractivity contribution in [3.63, 3.8) is 0 Å². The number of amides is 3. The fourth-order valence-corrected chi connectivity index (χ4v) is 5.55. The zero-order chi connectivity index (χ0) is 32.3. The van der Waals surface area contributed by atoms with Gasteiger partial charge in [-0.05, 0) is 66.6 Å². The van der Waals surface area contributed by atoms with Crippen LogP contribution in [0.3, 0.4) is 0 Å². The number of rotatable bonds is 12. The van der Waals surface area contributed by atoms with Gasteiger partial charge in [0.1, 0.15) is 17.2 Å². The minimum atomic E-state index is -0.575. The third-order valence-electron chi connectivity index (χ3n) is 6.51. The molecular formula is C34H31Cl2N3O5S. The van der Waals surface area contributed by atoms with Gasteiger partial charge in [0, 0.05) is 22.2 Å². The molecule has 1 unspecified atom stereocenters. The summed E-state index contributed by atoms with van der Waals surface area (Å²) in [5, 5.41) is 8.58. The van der Waals surface area contributed by atoms with E-state index in [2.05, 4.69) is 16.0 Å². The van der Waals surface area contributed by atoms with Crippen molar-refractivity contribution in [3.8, 4) is 11.5 Å². The molecule has 0 saturated carbocycles. The van der Waals surface area contributed by atoms with Crippen LogP contribution in [0, 0.1) is 0 Å². The molecule has 0 aliphatic carbocycles. The molecule has 0 saturated heterocycles. The zero-order valence-corrected chi connectivity index (χ0v) is 27.1. The Morgan fingerprint density at radius 1 is 0.867 bits per heavy atom. The van der Waals surface area contributed by atoms with Gasteiger partial charge in [-0.15, -0.1) is 11.8 Å². The second kappa shape index (κ2) is 16.0. The number of hydrogen-bond donors (Lipinski definition) is 3. The van der Waals surface area contributed by atoms with Gasteiger partial charge < -0.3 is 25.4 Å². The molecule has 1 atom stereocenters. The summed E-state index contributed by atoms with van der Waals surface area (Å²) in [5.41, 5.74) is 1.79. The summed E-state index contributed by atoms with van der Waals surface area (Å²) in [7, 11) is 3.08. The van der Waals surface area contributed by atoms with Gasteiger partial charge in [0.15, 0.2) is 0 Å². The molecule has 0 bridgehead atoms. The lowest BCUT2D eigenvalue weighted by Crippen LogP contribution is -2.30. The van der Waals surface area contributed by atoms with E-state index in [0.29, 0.717) is 45.4 Å². The van der Waals surface area contributed by atoms with Crippen LogP contribution in [0.5, 0.6) is 11.5 Å². The van der Waals surface area contributed by atoms with Gasteiger partial charge >= 0.3 is 0 Å². The summed E-state index contributed by atoms with van der Waals surface area (Å²) in [4.78, 5) is 40.5. The first-order valence-electron chi connectivity index (χ1n) is 13.9. The topological polar surface area (TPSA) is 106 Å². The van der Waals surface area contributed by atoms with Crippen LogP contribution in [0.15, 0.2) is 102 Å². The van der Waals surface area contributed by atoms with Gasteiger partial charge in [-0.1, -0.05) is 66.5 Å². The molecule has 4 aromatic rings. The van der Waals surface area contributed by atoms with Crippen molar-refractivity contribution in [1.29, 1.82) is 0 Å². The number of hydrogen-bond acceptors (Lipinski definition) is 6. The Bertz CT molecular complexity index is 1720. The molecule has 0 spiro atoms. The lowest BCUT2D eigenvalue weighted by atomic mass is 10.1. The summed E-state index contributed by atoms with van der Waals surface area (Å²) >= 11 is 13.9. The average molecular weight is 665 g/mol. The molecule has 45 heavy (non-hydrogen) atoms. The van der Waals surface area contributed by atoms with Gasteiger partial charge in [0.05, 0.1) is 35.2 Å². The monoisotopic (exact) mass is 663 g/mol. The Morgan fingerprint density at radius 2 is 1.62 bits per heavy atom. The second-order valence-corrected chi connectivity index (χ2v) is 11.6. The lowest BCUT2D eigenvalue weighted by Gasteiger charge is -2.17. The van der Waals surface area contributed by atoms with E-state index in [-0.39, 0.29) is 16.6 Å². The van der Waals surface area contributed by atoms with E-state index in [0.717, 1.165) is 4.90 Å². The molecule has 232 valence electrons. The van der Waals surface area contributed by atoms with E-state index >= 15 is 0 Å². The fraction of sp³-hybridized carbons (Fsp3) is 0.147. The molecule has 0 aromatic heterocycles. The minimum Gasteiger partial charge on any atom is -0.497 e. The van der Waals surface area contributed by atoms with E-state index in [9.17, 15) is 14.4 Å². The van der Waals surface area contributed by atoms with Crippen molar-refractivity contribution < 1.29 is 23.9 Å². The molecule has 0 radical (unpaired) electrons. The SMILES string of the molecule is CCC(Sc1cccc(NC(=O)/C(=C\c2cccc(Cl)c2Cl)NC(=O)c2ccccc2)c1)C(=O)Nc1ccc(OC)cc1OC. The van der Waals surface area contributed by atoms with Crippen molar-refractivity contribution in [1.82, 2.24) is 5.32 Å². The van der Waals surface area contributed by atoms with E-state index in [4.69, 9.17) is 32.7 Å². The van der Waals surface area contributed by atoms with Crippen molar-refractivity contribution in [2.75, 3.05) is 24.9 Å². The van der Waals surface area contributed by atoms with Crippen molar-refractivity contribution in [3.05, 3.63) is 118 Å². The van der Waals surface area contributed by atoms with Gasteiger partial charge in [0.25, 0.3) is 11.8 Å². The van der Waals surface area contributed by atoms with Gasteiger partial charge in [0.2, 0.25) is 5.91 Å². The number of benzene rings is 4. The Balaban J connectivity index is 1.52. The maximum absolute atomic E-state index is 13.5. The number of ether oxygens (including phenoxy) is 2. The highest BCUT2D eigenvalue weighted by atomic mass is 35.5. The van der Waals surface area contributed by atoms with Crippen LogP contribution >= 0.6 is 35.0 Å². The molecule has 8 nitrogen and oxygen atoms in total. The first kappa shape index (κ1) is 33.5. The summed E-state index contributed by atoms with van der Waals surface area (Å²) in [6.07, 6.45) is 2.01. The molecular weight excluding hydrogens is 633 g/mol. The highest BCUT2D eigenvalue weighted by Gasteiger charge is 2.21. The third-order valence-corrected chi connectivity index (χ3v) is 8.70. The summed E-state index contributed by atoms with van der Waals surface area (Å²) in [6, 6.07) is 25.8. The van der Waals surface area contributed by atoms with E-state index in [1.807, 2.05) is 13.0 Å². The van der Waals surface area contributed by atoms with Crippen LogP contribution in [0.25, 0.3) is 6.08 Å². The second-order valence-electron chi connectivity index (χ2n) is 9.57. The minimum absolute atomic E-state index is 0.0367. The first-order chi connectivity index (χ1) is 21.7. The van der Waals surface area contributed by atoms with Crippen LogP contribution in [0.4, 0.5) is 11.4 Å². The standard InChI is InChI=1S/C34H31Cl2N3O5S/c1-4-30(34(42)38-27-17-16-24(43-2)20-29(27)44-3)45-25-14-9-13-23(19-25)37-33(41)28(18-22-12-8-15-26(35)31(22)36)39-32(40)21-10-6-5-7-11-21/h5-20,30H,4H2,1-3H3,(H,37,41)(H,38,42)(H,39,40)/b28-18+. The van der Waals surface area contributed by atoms with Crippen LogP contribution in [-0.4, -0.2) is 37.2 Å². The van der Waals surface area contributed by atoms with E-state index in [1.54, 1.807) is 92.0 Å². The molecule has 4 rings (SSSR count). The summed E-state index contributed by atoms with van der Waals surface area (Å²) < 4.78 is 10.6. The molecule has 0 aliphatic heterocycles. The third kappa shape index (κ3) is 9.04. The molecule has 11 heteroatoms. The van der Waals surface area contributed by atoms with Gasteiger partial charge in [-0.3, -0.25) is 14.4 Å². The van der Waals surface area contributed by atoms with Crippen molar-refractivity contribution in [2.45, 2.75) is 23.5 Å². The number of halogens is 2. The Morgan fingerprint density at radius 3 is 2.33 bits per heavy atom. The molecule has 3 amide bonds. The maximum Gasteiger partial charge on any atom is 0.272 e. The lowest BCUT2D eigenvalue weighted by molar-refractivity contribution is -0.116. The normalized spacial score (nSPS) is 11.7. The zero-order valence-electron chi connectivity index (χ0n) is 24.7. The maximum atomic E-state index is 13.5. The number of carbonyl (C=O) groups excluding carboxylic acids is 3. The van der Waals surface area contributed by atoms with Crippen LogP contribution in [0.2, 0.25) is 10.0 Å². The Hall–Kier alpha value is -4.44. The predicted octanol–water partition coefficient (Wildman–Crippen LogP) is 7.93. The largest absolute Gasteiger partial charge is 0.497 e. The number of thioether (sulfide) groups is 1. The fourth-order valence-electron chi connectivity index (χ4n) is 4.18. The Kier molecular flexibility index (Phi) is 11.9. The molecule has 0 heterocycles. The average Bonchev–Trinajstić information content (AvgIpc) is 3.05. The predicted molar refractivity (Wildman–Crippen MR) is 182 cm³/mol. The van der Waals surface area contributed by atoms with Crippen LogP contribution in [-0.2, 0) is 9.59 Å². The molecule has 0 aliphatic rings. The first-order valence-corrected chi connectivity index (χ1v) is 15.5. The summed E-state index contributed by atoms with van der Waals surface area (Å²) in [6.45, 7) is 1.92. The molecule has 4 aromatic carbocycles. The number of methoxy groups -OCH3 is 2. The van der Waals surface area contributed by atoms with Gasteiger partial charge in [-0.2, -0.15) is 0 Å². The van der Waals surface area contributed by atoms with Crippen molar-refractivity contribution in [2.24, 2.45) is 0 Å². The van der Waals surface area contributed by atoms with E-state index < -0.39 is 17.1 Å². The van der Waals surface area contributed by atoms with Crippen LogP contribution in [0.1, 0.15) is 29.3 Å². The summed E-state index contributed by atoms with van der Waals surface area (Å²) in [5.74, 6) is -0.153. The molecule has 0 fully saturated rings.